The smallest absolute Gasteiger partial charge is 0.119 e. The van der Waals surface area contributed by atoms with Gasteiger partial charge in [-0.2, -0.15) is 0 Å². The molecule has 1 aromatic carbocycles. The summed E-state index contributed by atoms with van der Waals surface area (Å²) >= 11 is 0. The van der Waals surface area contributed by atoms with Crippen molar-refractivity contribution in [2.24, 2.45) is 0 Å². The van der Waals surface area contributed by atoms with Crippen LogP contribution in [0.25, 0.3) is 0 Å². The normalized spacial score (nSPS) is 18.5. The van der Waals surface area contributed by atoms with Crippen LogP contribution in [0.15, 0.2) is 24.3 Å². The van der Waals surface area contributed by atoms with Crippen LogP contribution >= 0.6 is 0 Å². The summed E-state index contributed by atoms with van der Waals surface area (Å²) in [7, 11) is 0. The molecule has 1 aliphatic carbocycles. The van der Waals surface area contributed by atoms with E-state index in [1.807, 2.05) is 18.2 Å². The van der Waals surface area contributed by atoms with Crippen LogP contribution in [-0.2, 0) is 0 Å². The molecule has 0 heterocycles. The third kappa shape index (κ3) is 2.51. The van der Waals surface area contributed by atoms with Crippen molar-refractivity contribution in [1.82, 2.24) is 5.32 Å². The lowest BCUT2D eigenvalue weighted by atomic mass is 9.92. The van der Waals surface area contributed by atoms with E-state index in [4.69, 9.17) is 0 Å². The van der Waals surface area contributed by atoms with Crippen LogP contribution in [0, 0.1) is 0 Å². The van der Waals surface area contributed by atoms with Gasteiger partial charge in [-0.1, -0.05) is 31.5 Å². The molecule has 1 aromatic rings. The van der Waals surface area contributed by atoms with Gasteiger partial charge in [-0.3, -0.25) is 0 Å². The molecule has 0 saturated heterocycles. The zero-order valence-electron chi connectivity index (χ0n) is 9.24. The third-order valence-electron chi connectivity index (χ3n) is 3.29. The Morgan fingerprint density at radius 3 is 2.73 bits per heavy atom. The van der Waals surface area contributed by atoms with Crippen molar-refractivity contribution in [3.8, 4) is 5.75 Å². The monoisotopic (exact) mass is 205 g/mol. The van der Waals surface area contributed by atoms with Crippen LogP contribution in [-0.4, -0.2) is 17.7 Å². The highest BCUT2D eigenvalue weighted by atomic mass is 16.3. The van der Waals surface area contributed by atoms with Crippen molar-refractivity contribution in [3.05, 3.63) is 29.8 Å². The van der Waals surface area contributed by atoms with E-state index in [0.29, 0.717) is 11.7 Å². The standard InChI is InChI=1S/C13H19NO/c1-10(9-14-11-5-4-6-11)12-7-2-3-8-13(12)15/h2-3,7-8,10-11,14-15H,4-6,9H2,1H3. The van der Waals surface area contributed by atoms with Gasteiger partial charge in [0.15, 0.2) is 0 Å². The van der Waals surface area contributed by atoms with Gasteiger partial charge in [0.1, 0.15) is 5.75 Å². The molecule has 0 amide bonds. The fraction of sp³-hybridized carbons (Fsp3) is 0.538. The molecule has 2 rings (SSSR count). The minimum Gasteiger partial charge on any atom is -0.508 e. The average Bonchev–Trinajstić information content (AvgIpc) is 2.16. The molecule has 2 nitrogen and oxygen atoms in total. The van der Waals surface area contributed by atoms with Gasteiger partial charge in [0.2, 0.25) is 0 Å². The summed E-state index contributed by atoms with van der Waals surface area (Å²) < 4.78 is 0. The van der Waals surface area contributed by atoms with Crippen LogP contribution in [0.2, 0.25) is 0 Å². The van der Waals surface area contributed by atoms with E-state index < -0.39 is 0 Å². The molecule has 1 fully saturated rings. The third-order valence-corrected chi connectivity index (χ3v) is 3.29. The number of benzene rings is 1. The first-order valence-corrected chi connectivity index (χ1v) is 5.78. The summed E-state index contributed by atoms with van der Waals surface area (Å²) in [6.07, 6.45) is 3.99. The first-order valence-electron chi connectivity index (χ1n) is 5.78. The van der Waals surface area contributed by atoms with Crippen LogP contribution in [0.1, 0.15) is 37.7 Å². The largest absolute Gasteiger partial charge is 0.508 e. The van der Waals surface area contributed by atoms with Crippen molar-refractivity contribution in [2.75, 3.05) is 6.54 Å². The molecule has 2 heteroatoms. The van der Waals surface area contributed by atoms with Gasteiger partial charge < -0.3 is 10.4 Å². The lowest BCUT2D eigenvalue weighted by Gasteiger charge is -2.28. The molecule has 0 bridgehead atoms. The van der Waals surface area contributed by atoms with Crippen molar-refractivity contribution in [3.63, 3.8) is 0 Å². The van der Waals surface area contributed by atoms with E-state index in [2.05, 4.69) is 12.2 Å². The van der Waals surface area contributed by atoms with E-state index in [1.54, 1.807) is 6.07 Å². The number of aromatic hydroxyl groups is 1. The predicted molar refractivity (Wildman–Crippen MR) is 62.2 cm³/mol. The summed E-state index contributed by atoms with van der Waals surface area (Å²) in [5, 5.41) is 13.2. The lowest BCUT2D eigenvalue weighted by molar-refractivity contribution is 0.333. The van der Waals surface area contributed by atoms with E-state index >= 15 is 0 Å². The molecular formula is C13H19NO. The van der Waals surface area contributed by atoms with Crippen molar-refractivity contribution >= 4 is 0 Å². The lowest BCUT2D eigenvalue weighted by Crippen LogP contribution is -2.37. The summed E-state index contributed by atoms with van der Waals surface area (Å²) in [5.74, 6) is 0.798. The number of rotatable bonds is 4. The Bertz CT molecular complexity index is 320. The maximum atomic E-state index is 9.69. The molecule has 82 valence electrons. The Balaban J connectivity index is 1.89. The van der Waals surface area contributed by atoms with Crippen molar-refractivity contribution < 1.29 is 5.11 Å². The number of phenolic OH excluding ortho intramolecular Hbond substituents is 1. The van der Waals surface area contributed by atoms with Gasteiger partial charge in [-0.05, 0) is 30.4 Å². The molecule has 0 spiro atoms. The summed E-state index contributed by atoms with van der Waals surface area (Å²) in [4.78, 5) is 0. The highest BCUT2D eigenvalue weighted by Gasteiger charge is 2.18. The van der Waals surface area contributed by atoms with E-state index in [0.717, 1.165) is 18.2 Å². The topological polar surface area (TPSA) is 32.3 Å². The molecule has 0 aliphatic heterocycles. The molecule has 0 aromatic heterocycles. The zero-order valence-corrected chi connectivity index (χ0v) is 9.24. The highest BCUT2D eigenvalue weighted by Crippen LogP contribution is 2.25. The number of phenols is 1. The van der Waals surface area contributed by atoms with E-state index in [1.165, 1.54) is 19.3 Å². The molecule has 2 N–H and O–H groups in total. The second kappa shape index (κ2) is 4.67. The number of nitrogens with one attached hydrogen (secondary N) is 1. The fourth-order valence-electron chi connectivity index (χ4n) is 1.97. The second-order valence-electron chi connectivity index (χ2n) is 4.50. The van der Waals surface area contributed by atoms with E-state index in [9.17, 15) is 5.11 Å². The Hall–Kier alpha value is -1.02. The molecule has 1 saturated carbocycles. The molecule has 1 unspecified atom stereocenters. The van der Waals surface area contributed by atoms with Gasteiger partial charge in [0.05, 0.1) is 0 Å². The first kappa shape index (κ1) is 10.5. The average molecular weight is 205 g/mol. The quantitative estimate of drug-likeness (QED) is 0.792. The first-order chi connectivity index (χ1) is 7.27. The van der Waals surface area contributed by atoms with Crippen LogP contribution in [0.3, 0.4) is 0 Å². The number of para-hydroxylation sites is 1. The number of hydrogen-bond acceptors (Lipinski definition) is 2. The summed E-state index contributed by atoms with van der Waals surface area (Å²) in [6, 6.07) is 8.33. The Kier molecular flexibility index (Phi) is 3.27. The fourth-order valence-corrected chi connectivity index (χ4v) is 1.97. The Morgan fingerprint density at radius 1 is 1.40 bits per heavy atom. The van der Waals surface area contributed by atoms with Gasteiger partial charge in [-0.25, -0.2) is 0 Å². The number of hydrogen-bond donors (Lipinski definition) is 2. The molecule has 1 aliphatic rings. The van der Waals surface area contributed by atoms with Crippen molar-refractivity contribution in [1.29, 1.82) is 0 Å². The van der Waals surface area contributed by atoms with Gasteiger partial charge >= 0.3 is 0 Å². The Labute approximate surface area is 91.3 Å². The maximum absolute atomic E-state index is 9.69. The summed E-state index contributed by atoms with van der Waals surface area (Å²) in [5.41, 5.74) is 1.05. The minimum absolute atomic E-state index is 0.381. The van der Waals surface area contributed by atoms with Crippen LogP contribution in [0.5, 0.6) is 5.75 Å². The van der Waals surface area contributed by atoms with Gasteiger partial charge in [0.25, 0.3) is 0 Å². The SMILES string of the molecule is CC(CNC1CCC1)c1ccccc1O. The molecular weight excluding hydrogens is 186 g/mol. The summed E-state index contributed by atoms with van der Waals surface area (Å²) in [6.45, 7) is 3.11. The maximum Gasteiger partial charge on any atom is 0.119 e. The van der Waals surface area contributed by atoms with Crippen molar-refractivity contribution in [2.45, 2.75) is 38.1 Å². The zero-order chi connectivity index (χ0) is 10.7. The van der Waals surface area contributed by atoms with Gasteiger partial charge in [0, 0.05) is 12.6 Å². The minimum atomic E-state index is 0.381. The second-order valence-corrected chi connectivity index (χ2v) is 4.50. The molecule has 15 heavy (non-hydrogen) atoms. The predicted octanol–water partition coefficient (Wildman–Crippen LogP) is 2.64. The molecule has 0 radical (unpaired) electrons. The Morgan fingerprint density at radius 2 is 2.13 bits per heavy atom. The highest BCUT2D eigenvalue weighted by molar-refractivity contribution is 5.34. The van der Waals surface area contributed by atoms with Crippen LogP contribution < -0.4 is 5.32 Å². The van der Waals surface area contributed by atoms with Crippen LogP contribution in [0.4, 0.5) is 0 Å². The van der Waals surface area contributed by atoms with Gasteiger partial charge in [-0.15, -0.1) is 0 Å². The molecule has 1 atom stereocenters. The van der Waals surface area contributed by atoms with E-state index in [-0.39, 0.29) is 0 Å².